The number of para-hydroxylation sites is 2. The van der Waals surface area contributed by atoms with Gasteiger partial charge in [-0.3, -0.25) is 0 Å². The second kappa shape index (κ2) is 8.38. The SMILES string of the molecule is CC(C)(C)c1cc(-c2ccc3cc4ccccc4nc3n2)nc(-c2ccc3cc4ccccc4nc3n2)c1. The number of hydrogen-bond acceptors (Lipinski definition) is 5. The second-order valence-corrected chi connectivity index (χ2v) is 10.7. The summed E-state index contributed by atoms with van der Waals surface area (Å²) in [6, 6.07) is 33.0. The number of pyridine rings is 5. The first-order valence-electron chi connectivity index (χ1n) is 12.8. The molecule has 182 valence electrons. The summed E-state index contributed by atoms with van der Waals surface area (Å²) in [7, 11) is 0. The highest BCUT2D eigenvalue weighted by molar-refractivity contribution is 5.93. The zero-order valence-electron chi connectivity index (χ0n) is 21.5. The van der Waals surface area contributed by atoms with Gasteiger partial charge >= 0.3 is 0 Å². The van der Waals surface area contributed by atoms with Crippen molar-refractivity contribution in [2.45, 2.75) is 26.2 Å². The lowest BCUT2D eigenvalue weighted by molar-refractivity contribution is 0.590. The monoisotopic (exact) mass is 491 g/mol. The predicted octanol–water partition coefficient (Wildman–Crippen LogP) is 7.91. The normalized spacial score (nSPS) is 12.1. The molecule has 5 nitrogen and oxygen atoms in total. The van der Waals surface area contributed by atoms with E-state index in [0.717, 1.165) is 55.4 Å². The van der Waals surface area contributed by atoms with Gasteiger partial charge in [0.15, 0.2) is 11.3 Å². The standard InChI is InChI=1S/C33H25N5/c1-33(2,3)24-18-29(27-14-12-22-16-20-8-4-6-10-25(20)35-31(22)37-27)34-30(19-24)28-15-13-23-17-21-9-5-7-11-26(21)36-32(23)38-28/h4-19H,1-3H3. The summed E-state index contributed by atoms with van der Waals surface area (Å²) in [6.07, 6.45) is 0. The van der Waals surface area contributed by atoms with Gasteiger partial charge < -0.3 is 0 Å². The van der Waals surface area contributed by atoms with Crippen LogP contribution in [-0.2, 0) is 5.41 Å². The molecule has 0 aliphatic carbocycles. The lowest BCUT2D eigenvalue weighted by atomic mass is 9.86. The molecule has 2 aromatic carbocycles. The molecule has 7 aromatic rings. The highest BCUT2D eigenvalue weighted by atomic mass is 14.9. The minimum Gasteiger partial charge on any atom is -0.244 e. The topological polar surface area (TPSA) is 64.5 Å². The first-order chi connectivity index (χ1) is 18.4. The van der Waals surface area contributed by atoms with Crippen molar-refractivity contribution in [1.82, 2.24) is 24.9 Å². The predicted molar refractivity (Wildman–Crippen MR) is 155 cm³/mol. The van der Waals surface area contributed by atoms with E-state index < -0.39 is 0 Å². The van der Waals surface area contributed by atoms with E-state index in [0.29, 0.717) is 11.3 Å². The molecule has 0 radical (unpaired) electrons. The number of hydrogen-bond donors (Lipinski definition) is 0. The molecule has 0 aliphatic heterocycles. The summed E-state index contributed by atoms with van der Waals surface area (Å²) in [5, 5.41) is 4.23. The molecule has 0 fully saturated rings. The number of nitrogens with zero attached hydrogens (tertiary/aromatic N) is 5. The van der Waals surface area contributed by atoms with Crippen LogP contribution in [0.15, 0.2) is 97.1 Å². The van der Waals surface area contributed by atoms with Crippen LogP contribution in [0.3, 0.4) is 0 Å². The van der Waals surface area contributed by atoms with Gasteiger partial charge in [0, 0.05) is 21.5 Å². The highest BCUT2D eigenvalue weighted by Crippen LogP contribution is 2.31. The maximum Gasteiger partial charge on any atom is 0.160 e. The number of fused-ring (bicyclic) bond motifs is 4. The molecule has 0 bridgehead atoms. The van der Waals surface area contributed by atoms with Crippen LogP contribution in [-0.4, -0.2) is 24.9 Å². The summed E-state index contributed by atoms with van der Waals surface area (Å²) in [5.41, 5.74) is 7.56. The average molecular weight is 492 g/mol. The van der Waals surface area contributed by atoms with Gasteiger partial charge in [-0.15, -0.1) is 0 Å². The molecule has 0 spiro atoms. The molecule has 0 amide bonds. The van der Waals surface area contributed by atoms with Crippen LogP contribution in [0.4, 0.5) is 0 Å². The Morgan fingerprint density at radius 2 is 0.895 bits per heavy atom. The highest BCUT2D eigenvalue weighted by Gasteiger charge is 2.19. The van der Waals surface area contributed by atoms with E-state index in [9.17, 15) is 0 Å². The molecule has 5 heterocycles. The van der Waals surface area contributed by atoms with E-state index in [4.69, 9.17) is 24.9 Å². The van der Waals surface area contributed by atoms with Gasteiger partial charge in [0.1, 0.15) is 0 Å². The first-order valence-corrected chi connectivity index (χ1v) is 12.8. The molecule has 0 N–H and O–H groups in total. The van der Waals surface area contributed by atoms with Crippen molar-refractivity contribution < 1.29 is 0 Å². The summed E-state index contributed by atoms with van der Waals surface area (Å²) in [5.74, 6) is 0. The van der Waals surface area contributed by atoms with Crippen molar-refractivity contribution in [2.24, 2.45) is 0 Å². The van der Waals surface area contributed by atoms with Gasteiger partial charge in [-0.05, 0) is 71.6 Å². The van der Waals surface area contributed by atoms with Crippen molar-refractivity contribution in [1.29, 1.82) is 0 Å². The molecular formula is C33H25N5. The van der Waals surface area contributed by atoms with Crippen molar-refractivity contribution in [2.75, 3.05) is 0 Å². The van der Waals surface area contributed by atoms with E-state index in [-0.39, 0.29) is 5.41 Å². The van der Waals surface area contributed by atoms with Crippen LogP contribution in [0.2, 0.25) is 0 Å². The summed E-state index contributed by atoms with van der Waals surface area (Å²) < 4.78 is 0. The van der Waals surface area contributed by atoms with E-state index in [1.54, 1.807) is 0 Å². The Bertz CT molecular complexity index is 1880. The van der Waals surface area contributed by atoms with E-state index >= 15 is 0 Å². The number of benzene rings is 2. The van der Waals surface area contributed by atoms with Crippen LogP contribution in [0.5, 0.6) is 0 Å². The Morgan fingerprint density at radius 1 is 0.421 bits per heavy atom. The molecule has 0 aliphatic rings. The third-order valence-electron chi connectivity index (χ3n) is 6.98. The van der Waals surface area contributed by atoms with Crippen LogP contribution >= 0.6 is 0 Å². The number of aromatic nitrogens is 5. The van der Waals surface area contributed by atoms with Gasteiger partial charge in [-0.25, -0.2) is 24.9 Å². The summed E-state index contributed by atoms with van der Waals surface area (Å²) >= 11 is 0. The van der Waals surface area contributed by atoms with Crippen molar-refractivity contribution >= 4 is 43.9 Å². The number of rotatable bonds is 2. The molecule has 5 heteroatoms. The zero-order chi connectivity index (χ0) is 25.9. The van der Waals surface area contributed by atoms with Gasteiger partial charge in [0.2, 0.25) is 0 Å². The van der Waals surface area contributed by atoms with Crippen LogP contribution in [0.25, 0.3) is 66.6 Å². The van der Waals surface area contributed by atoms with Gasteiger partial charge in [0.25, 0.3) is 0 Å². The van der Waals surface area contributed by atoms with Gasteiger partial charge in [-0.1, -0.05) is 57.2 Å². The van der Waals surface area contributed by atoms with Crippen LogP contribution in [0, 0.1) is 0 Å². The van der Waals surface area contributed by atoms with Crippen molar-refractivity contribution in [3.8, 4) is 22.8 Å². The van der Waals surface area contributed by atoms with Crippen molar-refractivity contribution in [3.05, 3.63) is 103 Å². The minimum atomic E-state index is -0.0803. The Kier molecular flexibility index (Phi) is 4.95. The maximum absolute atomic E-state index is 5.05. The van der Waals surface area contributed by atoms with E-state index in [2.05, 4.69) is 69.3 Å². The average Bonchev–Trinajstić information content (AvgIpc) is 2.93. The molecule has 0 saturated heterocycles. The molecule has 0 atom stereocenters. The quantitative estimate of drug-likeness (QED) is 0.230. The fourth-order valence-corrected chi connectivity index (χ4v) is 4.82. The molecule has 5 aromatic heterocycles. The Labute approximate surface area is 220 Å². The third-order valence-corrected chi connectivity index (χ3v) is 6.98. The largest absolute Gasteiger partial charge is 0.244 e. The van der Waals surface area contributed by atoms with Crippen LogP contribution < -0.4 is 0 Å². The van der Waals surface area contributed by atoms with Crippen LogP contribution in [0.1, 0.15) is 26.3 Å². The maximum atomic E-state index is 5.05. The molecule has 0 unspecified atom stereocenters. The Balaban J connectivity index is 1.39. The lowest BCUT2D eigenvalue weighted by Crippen LogP contribution is -2.12. The molecule has 0 saturated carbocycles. The fraction of sp³-hybridized carbons (Fsp3) is 0.121. The van der Waals surface area contributed by atoms with Gasteiger partial charge in [0.05, 0.1) is 33.8 Å². The van der Waals surface area contributed by atoms with Crippen molar-refractivity contribution in [3.63, 3.8) is 0 Å². The smallest absolute Gasteiger partial charge is 0.160 e. The summed E-state index contributed by atoms with van der Waals surface area (Å²) in [4.78, 5) is 24.5. The fourth-order valence-electron chi connectivity index (χ4n) is 4.82. The van der Waals surface area contributed by atoms with Gasteiger partial charge in [-0.2, -0.15) is 0 Å². The summed E-state index contributed by atoms with van der Waals surface area (Å²) in [6.45, 7) is 6.62. The zero-order valence-corrected chi connectivity index (χ0v) is 21.5. The minimum absolute atomic E-state index is 0.0803. The van der Waals surface area contributed by atoms with E-state index in [1.165, 1.54) is 5.56 Å². The van der Waals surface area contributed by atoms with E-state index in [1.807, 2.05) is 48.5 Å². The molecular weight excluding hydrogens is 466 g/mol. The molecule has 38 heavy (non-hydrogen) atoms. The Hall–Kier alpha value is -4.77. The third kappa shape index (κ3) is 3.93. The first kappa shape index (κ1) is 22.4. The second-order valence-electron chi connectivity index (χ2n) is 10.7. The lowest BCUT2D eigenvalue weighted by Gasteiger charge is -2.21. The Morgan fingerprint density at radius 3 is 1.37 bits per heavy atom. The molecule has 7 rings (SSSR count).